The number of ether oxygens (including phenoxy) is 1. The van der Waals surface area contributed by atoms with E-state index in [1.807, 2.05) is 6.92 Å². The number of hydrogen-bond donors (Lipinski definition) is 1. The number of rotatable bonds is 7. The summed E-state index contributed by atoms with van der Waals surface area (Å²) in [6, 6.07) is -0.176. The first kappa shape index (κ1) is 16.4. The second-order valence-corrected chi connectivity index (χ2v) is 6.01. The van der Waals surface area contributed by atoms with E-state index in [1.54, 1.807) is 4.90 Å². The van der Waals surface area contributed by atoms with Crippen LogP contribution in [-0.4, -0.2) is 48.6 Å². The van der Waals surface area contributed by atoms with Gasteiger partial charge >= 0.3 is 0 Å². The summed E-state index contributed by atoms with van der Waals surface area (Å²) in [4.78, 5) is 26.2. The van der Waals surface area contributed by atoms with Gasteiger partial charge in [-0.25, -0.2) is 0 Å². The fourth-order valence-electron chi connectivity index (χ4n) is 3.31. The molecule has 0 spiro atoms. The van der Waals surface area contributed by atoms with Crippen molar-refractivity contribution in [3.63, 3.8) is 0 Å². The first-order valence-electron chi connectivity index (χ1n) is 8.41. The normalized spacial score (nSPS) is 24.6. The van der Waals surface area contributed by atoms with Crippen molar-refractivity contribution in [2.45, 2.75) is 70.4 Å². The molecule has 0 bridgehead atoms. The van der Waals surface area contributed by atoms with Gasteiger partial charge in [-0.1, -0.05) is 25.7 Å². The molecule has 2 amide bonds. The first-order valence-corrected chi connectivity index (χ1v) is 8.41. The number of nitrogens with zero attached hydrogens (tertiary/aromatic N) is 1. The molecule has 0 aromatic rings. The van der Waals surface area contributed by atoms with Crippen molar-refractivity contribution in [3.8, 4) is 0 Å². The molecule has 2 aliphatic rings. The Bertz CT molecular complexity index is 351. The van der Waals surface area contributed by atoms with Gasteiger partial charge in [-0.2, -0.15) is 0 Å². The standard InChI is InChI=1S/C16H28N2O3/c1-2-21-11-7-10-17-14-12-15(19)18(16(14)20)13-8-5-3-4-6-9-13/h13-14,17H,2-12H2,1H3. The monoisotopic (exact) mass is 296 g/mol. The first-order chi connectivity index (χ1) is 10.2. The van der Waals surface area contributed by atoms with E-state index in [0.29, 0.717) is 13.0 Å². The van der Waals surface area contributed by atoms with E-state index in [-0.39, 0.29) is 23.9 Å². The third-order valence-electron chi connectivity index (χ3n) is 4.43. The van der Waals surface area contributed by atoms with Gasteiger partial charge in [0.05, 0.1) is 12.5 Å². The Balaban J connectivity index is 1.81. The molecule has 1 saturated heterocycles. The average Bonchev–Trinajstić information content (AvgIpc) is 2.67. The van der Waals surface area contributed by atoms with Crippen molar-refractivity contribution < 1.29 is 14.3 Å². The summed E-state index contributed by atoms with van der Waals surface area (Å²) in [6.07, 6.45) is 7.88. The minimum Gasteiger partial charge on any atom is -0.382 e. The quantitative estimate of drug-likeness (QED) is 0.442. The topological polar surface area (TPSA) is 58.6 Å². The molecule has 1 unspecified atom stereocenters. The third kappa shape index (κ3) is 4.51. The Labute approximate surface area is 127 Å². The highest BCUT2D eigenvalue weighted by molar-refractivity contribution is 6.05. The second-order valence-electron chi connectivity index (χ2n) is 6.01. The maximum atomic E-state index is 12.5. The predicted octanol–water partition coefficient (Wildman–Crippen LogP) is 1.85. The molecule has 0 aromatic carbocycles. The van der Waals surface area contributed by atoms with Crippen LogP contribution >= 0.6 is 0 Å². The number of amides is 2. The summed E-state index contributed by atoms with van der Waals surface area (Å²) in [5, 5.41) is 3.21. The molecular weight excluding hydrogens is 268 g/mol. The van der Waals surface area contributed by atoms with Gasteiger partial charge in [0.25, 0.3) is 0 Å². The number of hydrogen-bond acceptors (Lipinski definition) is 4. The van der Waals surface area contributed by atoms with Gasteiger partial charge in [-0.3, -0.25) is 14.5 Å². The zero-order valence-electron chi connectivity index (χ0n) is 13.1. The van der Waals surface area contributed by atoms with E-state index in [9.17, 15) is 9.59 Å². The lowest BCUT2D eigenvalue weighted by molar-refractivity contribution is -0.141. The van der Waals surface area contributed by atoms with Crippen LogP contribution in [0.5, 0.6) is 0 Å². The lowest BCUT2D eigenvalue weighted by atomic mass is 10.1. The van der Waals surface area contributed by atoms with Gasteiger partial charge in [-0.05, 0) is 32.7 Å². The number of likely N-dealkylation sites (tertiary alicyclic amines) is 1. The lowest BCUT2D eigenvalue weighted by Gasteiger charge is -2.25. The van der Waals surface area contributed by atoms with Crippen molar-refractivity contribution in [3.05, 3.63) is 0 Å². The maximum absolute atomic E-state index is 12.5. The molecule has 5 heteroatoms. The molecule has 1 aliphatic carbocycles. The molecule has 0 radical (unpaired) electrons. The SMILES string of the molecule is CCOCCCNC1CC(=O)N(C2CCCCCC2)C1=O. The van der Waals surface area contributed by atoms with Crippen molar-refractivity contribution in [2.75, 3.05) is 19.8 Å². The van der Waals surface area contributed by atoms with Crippen LogP contribution in [0.2, 0.25) is 0 Å². The molecule has 1 saturated carbocycles. The van der Waals surface area contributed by atoms with Gasteiger partial charge in [-0.15, -0.1) is 0 Å². The molecule has 0 aromatic heterocycles. The van der Waals surface area contributed by atoms with Crippen LogP contribution < -0.4 is 5.32 Å². The number of imide groups is 1. The van der Waals surface area contributed by atoms with E-state index < -0.39 is 0 Å². The molecular formula is C16H28N2O3. The fourth-order valence-corrected chi connectivity index (χ4v) is 3.31. The highest BCUT2D eigenvalue weighted by atomic mass is 16.5. The maximum Gasteiger partial charge on any atom is 0.247 e. The Morgan fingerprint density at radius 1 is 1.19 bits per heavy atom. The highest BCUT2D eigenvalue weighted by Gasteiger charge is 2.41. The van der Waals surface area contributed by atoms with Crippen LogP contribution in [0.25, 0.3) is 0 Å². The molecule has 120 valence electrons. The molecule has 1 aliphatic heterocycles. The summed E-state index contributed by atoms with van der Waals surface area (Å²) in [5.74, 6) is -0.00230. The number of nitrogens with one attached hydrogen (secondary N) is 1. The fraction of sp³-hybridized carbons (Fsp3) is 0.875. The molecule has 2 rings (SSSR count). The average molecular weight is 296 g/mol. The van der Waals surface area contributed by atoms with Crippen LogP contribution in [0.15, 0.2) is 0 Å². The van der Waals surface area contributed by atoms with Gasteiger partial charge in [0.2, 0.25) is 11.8 Å². The largest absolute Gasteiger partial charge is 0.382 e. The van der Waals surface area contributed by atoms with Crippen LogP contribution in [0.3, 0.4) is 0 Å². The molecule has 2 fully saturated rings. The molecule has 5 nitrogen and oxygen atoms in total. The minimum atomic E-state index is -0.317. The Morgan fingerprint density at radius 2 is 1.90 bits per heavy atom. The second kappa shape index (κ2) is 8.49. The number of carbonyl (C=O) groups excluding carboxylic acids is 2. The zero-order valence-corrected chi connectivity index (χ0v) is 13.1. The summed E-state index contributed by atoms with van der Waals surface area (Å²) in [7, 11) is 0. The van der Waals surface area contributed by atoms with E-state index in [2.05, 4.69) is 5.32 Å². The van der Waals surface area contributed by atoms with Gasteiger partial charge < -0.3 is 10.1 Å². The molecule has 1 atom stereocenters. The third-order valence-corrected chi connectivity index (χ3v) is 4.43. The van der Waals surface area contributed by atoms with Crippen molar-refractivity contribution in [2.24, 2.45) is 0 Å². The van der Waals surface area contributed by atoms with Crippen LogP contribution in [0.1, 0.15) is 58.3 Å². The zero-order chi connectivity index (χ0) is 15.1. The van der Waals surface area contributed by atoms with Crippen LogP contribution in [-0.2, 0) is 14.3 Å². The van der Waals surface area contributed by atoms with Crippen LogP contribution in [0.4, 0.5) is 0 Å². The Hall–Kier alpha value is -0.940. The molecule has 21 heavy (non-hydrogen) atoms. The van der Waals surface area contributed by atoms with Crippen molar-refractivity contribution in [1.82, 2.24) is 10.2 Å². The molecule has 1 heterocycles. The van der Waals surface area contributed by atoms with Crippen molar-refractivity contribution >= 4 is 11.8 Å². The van der Waals surface area contributed by atoms with Crippen LogP contribution in [0, 0.1) is 0 Å². The van der Waals surface area contributed by atoms with E-state index in [4.69, 9.17) is 4.74 Å². The van der Waals surface area contributed by atoms with Crippen molar-refractivity contribution in [1.29, 1.82) is 0 Å². The summed E-state index contributed by atoms with van der Waals surface area (Å²) in [5.41, 5.74) is 0. The smallest absolute Gasteiger partial charge is 0.247 e. The van der Waals surface area contributed by atoms with E-state index in [0.717, 1.165) is 45.3 Å². The van der Waals surface area contributed by atoms with Gasteiger partial charge in [0.15, 0.2) is 0 Å². The predicted molar refractivity (Wildman–Crippen MR) is 80.9 cm³/mol. The summed E-state index contributed by atoms with van der Waals surface area (Å²) < 4.78 is 5.27. The van der Waals surface area contributed by atoms with E-state index in [1.165, 1.54) is 12.8 Å². The summed E-state index contributed by atoms with van der Waals surface area (Å²) >= 11 is 0. The lowest BCUT2D eigenvalue weighted by Crippen LogP contribution is -2.44. The Kier molecular flexibility index (Phi) is 6.64. The van der Waals surface area contributed by atoms with E-state index >= 15 is 0 Å². The minimum absolute atomic E-state index is 0.00853. The number of carbonyl (C=O) groups is 2. The summed E-state index contributed by atoms with van der Waals surface area (Å²) in [6.45, 7) is 4.11. The Morgan fingerprint density at radius 3 is 2.57 bits per heavy atom. The molecule has 1 N–H and O–H groups in total. The van der Waals surface area contributed by atoms with Gasteiger partial charge in [0, 0.05) is 19.3 Å². The highest BCUT2D eigenvalue weighted by Crippen LogP contribution is 2.26. The van der Waals surface area contributed by atoms with Gasteiger partial charge in [0.1, 0.15) is 0 Å².